The van der Waals surface area contributed by atoms with Gasteiger partial charge in [-0.2, -0.15) is 0 Å². The third kappa shape index (κ3) is 5.82. The van der Waals surface area contributed by atoms with Gasteiger partial charge in [0, 0.05) is 0 Å². The largest absolute Gasteiger partial charge is 0.524 e. The predicted molar refractivity (Wildman–Crippen MR) is 87.1 cm³/mol. The van der Waals surface area contributed by atoms with Gasteiger partial charge in [0.1, 0.15) is 0 Å². The van der Waals surface area contributed by atoms with Crippen LogP contribution in [0.5, 0.6) is 0 Å². The van der Waals surface area contributed by atoms with Crippen molar-refractivity contribution in [1.29, 1.82) is 0 Å². The van der Waals surface area contributed by atoms with Gasteiger partial charge < -0.3 is 8.85 Å². The Morgan fingerprint density at radius 1 is 0.900 bits per heavy atom. The second-order valence-corrected chi connectivity index (χ2v) is 7.65. The lowest BCUT2D eigenvalue weighted by Crippen LogP contribution is -2.22. The van der Waals surface area contributed by atoms with Crippen LogP contribution in [0.15, 0.2) is 12.2 Å². The van der Waals surface area contributed by atoms with Crippen LogP contribution in [0.2, 0.25) is 0 Å². The van der Waals surface area contributed by atoms with Crippen molar-refractivity contribution in [2.45, 2.75) is 64.7 Å². The summed E-state index contributed by atoms with van der Waals surface area (Å²) in [6.45, 7) is 3.56. The van der Waals surface area contributed by atoms with Crippen molar-refractivity contribution in [2.75, 3.05) is 13.2 Å². The first-order valence-corrected chi connectivity index (χ1v) is 9.92. The Morgan fingerprint density at radius 3 is 2.25 bits per heavy atom. The fraction of sp³-hybridized carbons (Fsp3) is 0.824. The first-order chi connectivity index (χ1) is 9.88. The number of hydrogen-bond donors (Lipinski definition) is 0. The fourth-order valence-electron chi connectivity index (χ4n) is 3.30. The highest BCUT2D eigenvalue weighted by molar-refractivity contribution is 6.54. The molecular formula is C17H30O2Si. The normalized spacial score (nSPS) is 22.6. The Kier molecular flexibility index (Phi) is 7.41. The van der Waals surface area contributed by atoms with E-state index >= 15 is 0 Å². The van der Waals surface area contributed by atoms with Crippen molar-refractivity contribution in [1.82, 2.24) is 0 Å². The Balaban J connectivity index is 1.74. The van der Waals surface area contributed by atoms with Gasteiger partial charge in [-0.15, -0.1) is 0 Å². The molecule has 0 heterocycles. The summed E-state index contributed by atoms with van der Waals surface area (Å²) in [6.07, 6.45) is 17.0. The molecule has 0 bridgehead atoms. The third-order valence-electron chi connectivity index (χ3n) is 4.44. The zero-order valence-electron chi connectivity index (χ0n) is 13.0. The van der Waals surface area contributed by atoms with Crippen molar-refractivity contribution in [3.05, 3.63) is 12.2 Å². The molecule has 0 spiro atoms. The maximum atomic E-state index is 5.98. The minimum absolute atomic E-state index is 0.730. The van der Waals surface area contributed by atoms with Crippen LogP contribution >= 0.6 is 0 Å². The van der Waals surface area contributed by atoms with Gasteiger partial charge in [0.25, 0.3) is 0 Å². The smallest absolute Gasteiger partial charge is 0.476 e. The van der Waals surface area contributed by atoms with Crippen molar-refractivity contribution in [3.63, 3.8) is 0 Å². The lowest BCUT2D eigenvalue weighted by atomic mass is 9.91. The van der Waals surface area contributed by atoms with Gasteiger partial charge in [-0.05, 0) is 50.1 Å². The molecule has 0 amide bonds. The monoisotopic (exact) mass is 294 g/mol. The van der Waals surface area contributed by atoms with Gasteiger partial charge in [0.2, 0.25) is 0 Å². The lowest BCUT2D eigenvalue weighted by Gasteiger charge is -2.19. The van der Waals surface area contributed by atoms with E-state index in [1.807, 2.05) is 0 Å². The molecule has 114 valence electrons. The molecule has 0 unspecified atom stereocenters. The van der Waals surface area contributed by atoms with E-state index in [0.29, 0.717) is 0 Å². The van der Waals surface area contributed by atoms with E-state index in [2.05, 4.69) is 24.7 Å². The molecule has 0 radical (unpaired) electrons. The second-order valence-electron chi connectivity index (χ2n) is 6.10. The maximum absolute atomic E-state index is 5.98. The molecule has 0 aromatic carbocycles. The molecule has 2 aliphatic carbocycles. The summed E-state index contributed by atoms with van der Waals surface area (Å²) >= 11 is 0. The lowest BCUT2D eigenvalue weighted by molar-refractivity contribution is 0.243. The Hall–Kier alpha value is -0.573. The summed E-state index contributed by atoms with van der Waals surface area (Å²) in [5, 5.41) is 0. The van der Waals surface area contributed by atoms with Crippen LogP contribution in [0, 0.1) is 11.8 Å². The molecule has 0 aromatic rings. The Morgan fingerprint density at radius 2 is 1.55 bits per heavy atom. The van der Waals surface area contributed by atoms with E-state index in [9.17, 15) is 0 Å². The van der Waals surface area contributed by atoms with E-state index < -0.39 is 8.90 Å². The molecular weight excluding hydrogens is 264 g/mol. The van der Waals surface area contributed by atoms with Crippen LogP contribution in [-0.4, -0.2) is 27.8 Å². The molecule has 0 N–H and O–H groups in total. The summed E-state index contributed by atoms with van der Waals surface area (Å²) < 4.78 is 11.8. The zero-order valence-corrected chi connectivity index (χ0v) is 14.0. The molecule has 0 atom stereocenters. The SMILES string of the molecule is CCO[Si](=CC1CCCCC1)OCC=CC1CCCC1. The highest BCUT2D eigenvalue weighted by atomic mass is 28.3. The molecule has 20 heavy (non-hydrogen) atoms. The van der Waals surface area contributed by atoms with Crippen molar-refractivity contribution >= 4 is 14.6 Å². The predicted octanol–water partition coefficient (Wildman–Crippen LogP) is 4.24. The van der Waals surface area contributed by atoms with Gasteiger partial charge in [0.15, 0.2) is 0 Å². The van der Waals surface area contributed by atoms with Gasteiger partial charge in [-0.3, -0.25) is 0 Å². The van der Waals surface area contributed by atoms with Crippen molar-refractivity contribution in [2.24, 2.45) is 11.8 Å². The summed E-state index contributed by atoms with van der Waals surface area (Å²) in [5.41, 5.74) is 2.40. The van der Waals surface area contributed by atoms with Crippen LogP contribution in [0.3, 0.4) is 0 Å². The molecule has 3 heteroatoms. The van der Waals surface area contributed by atoms with E-state index in [0.717, 1.165) is 25.0 Å². The van der Waals surface area contributed by atoms with Crippen LogP contribution in [0.4, 0.5) is 0 Å². The number of hydrogen-bond acceptors (Lipinski definition) is 2. The van der Waals surface area contributed by atoms with Crippen LogP contribution in [-0.2, 0) is 8.85 Å². The molecule has 2 nitrogen and oxygen atoms in total. The highest BCUT2D eigenvalue weighted by Gasteiger charge is 2.15. The van der Waals surface area contributed by atoms with Crippen molar-refractivity contribution in [3.8, 4) is 0 Å². The van der Waals surface area contributed by atoms with E-state index in [1.54, 1.807) is 0 Å². The van der Waals surface area contributed by atoms with Gasteiger partial charge >= 0.3 is 8.90 Å². The first kappa shape index (κ1) is 15.8. The van der Waals surface area contributed by atoms with E-state index in [4.69, 9.17) is 8.85 Å². The minimum atomic E-state index is -1.17. The average Bonchev–Trinajstić information content (AvgIpc) is 2.98. The Labute approximate surface area is 126 Å². The summed E-state index contributed by atoms with van der Waals surface area (Å²) in [4.78, 5) is 0. The molecule has 2 aliphatic rings. The molecule has 2 fully saturated rings. The van der Waals surface area contributed by atoms with E-state index in [1.165, 1.54) is 57.8 Å². The number of rotatable bonds is 7. The highest BCUT2D eigenvalue weighted by Crippen LogP contribution is 2.25. The van der Waals surface area contributed by atoms with Crippen molar-refractivity contribution < 1.29 is 8.85 Å². The van der Waals surface area contributed by atoms with Crippen LogP contribution in [0.1, 0.15) is 64.7 Å². The summed E-state index contributed by atoms with van der Waals surface area (Å²) in [6, 6.07) is 0. The Bertz CT molecular complexity index is 313. The molecule has 0 saturated heterocycles. The molecule has 2 saturated carbocycles. The van der Waals surface area contributed by atoms with Crippen LogP contribution < -0.4 is 0 Å². The summed E-state index contributed by atoms with van der Waals surface area (Å²) in [5.74, 6) is 1.55. The number of allylic oxidation sites excluding steroid dienone is 1. The van der Waals surface area contributed by atoms with Crippen LogP contribution in [0.25, 0.3) is 0 Å². The third-order valence-corrected chi connectivity index (χ3v) is 6.21. The average molecular weight is 295 g/mol. The maximum Gasteiger partial charge on any atom is 0.476 e. The first-order valence-electron chi connectivity index (χ1n) is 8.52. The topological polar surface area (TPSA) is 18.5 Å². The van der Waals surface area contributed by atoms with E-state index in [-0.39, 0.29) is 0 Å². The molecule has 0 aromatic heterocycles. The zero-order chi connectivity index (χ0) is 14.0. The fourth-order valence-corrected chi connectivity index (χ4v) is 4.84. The standard InChI is InChI=1S/C17H30O2Si/c1-2-18-20(15-17-11-4-3-5-12-17)19-14-8-13-16-9-6-7-10-16/h8,13,15-17H,2-7,9-12,14H2,1H3. The summed E-state index contributed by atoms with van der Waals surface area (Å²) in [7, 11) is -1.17. The minimum Gasteiger partial charge on any atom is -0.524 e. The quantitative estimate of drug-likeness (QED) is 0.516. The second kappa shape index (κ2) is 9.38. The molecule has 0 aliphatic heterocycles. The van der Waals surface area contributed by atoms with Gasteiger partial charge in [0.05, 0.1) is 13.2 Å². The molecule has 2 rings (SSSR count). The van der Waals surface area contributed by atoms with Gasteiger partial charge in [-0.25, -0.2) is 0 Å². The van der Waals surface area contributed by atoms with Gasteiger partial charge in [-0.1, -0.05) is 44.3 Å².